The Hall–Kier alpha value is -2.61. The van der Waals surface area contributed by atoms with Gasteiger partial charge in [0.15, 0.2) is 5.11 Å². The third-order valence-corrected chi connectivity index (χ3v) is 3.84. The van der Waals surface area contributed by atoms with E-state index in [2.05, 4.69) is 22.6 Å². The van der Waals surface area contributed by atoms with Gasteiger partial charge in [0, 0.05) is 6.54 Å². The Morgan fingerprint density at radius 3 is 2.79 bits per heavy atom. The van der Waals surface area contributed by atoms with Gasteiger partial charge in [-0.05, 0) is 43.8 Å². The Labute approximate surface area is 146 Å². The number of imide groups is 1. The molecule has 0 bridgehead atoms. The van der Waals surface area contributed by atoms with Crippen LogP contribution in [0.1, 0.15) is 19.4 Å². The molecule has 7 nitrogen and oxygen atoms in total. The molecule has 8 heteroatoms. The molecule has 0 unspecified atom stereocenters. The van der Waals surface area contributed by atoms with Gasteiger partial charge in [-0.15, -0.1) is 0 Å². The van der Waals surface area contributed by atoms with E-state index in [-0.39, 0.29) is 5.11 Å². The van der Waals surface area contributed by atoms with Gasteiger partial charge in [-0.25, -0.2) is 4.79 Å². The molecule has 1 saturated heterocycles. The van der Waals surface area contributed by atoms with Crippen molar-refractivity contribution in [3.8, 4) is 5.75 Å². The number of hydrazine groups is 1. The normalized spacial score (nSPS) is 19.7. The van der Waals surface area contributed by atoms with Crippen molar-refractivity contribution < 1.29 is 14.3 Å². The molecule has 24 heavy (non-hydrogen) atoms. The lowest BCUT2D eigenvalue weighted by atomic mass is 9.92. The zero-order valence-electron chi connectivity index (χ0n) is 13.8. The fourth-order valence-corrected chi connectivity index (χ4v) is 2.41. The van der Waals surface area contributed by atoms with Crippen molar-refractivity contribution in [2.45, 2.75) is 19.4 Å². The van der Waals surface area contributed by atoms with E-state index in [9.17, 15) is 9.59 Å². The van der Waals surface area contributed by atoms with E-state index in [0.717, 1.165) is 10.6 Å². The molecule has 1 heterocycles. The number of benzene rings is 1. The summed E-state index contributed by atoms with van der Waals surface area (Å²) in [6.45, 7) is 7.66. The Bertz CT molecular complexity index is 706. The molecular formula is C16H20N4O3S. The number of carbonyl (C=O) groups excluding carboxylic acids is 2. The number of rotatable bonds is 5. The first-order valence-corrected chi connectivity index (χ1v) is 7.69. The van der Waals surface area contributed by atoms with Crippen molar-refractivity contribution in [3.63, 3.8) is 0 Å². The van der Waals surface area contributed by atoms with E-state index in [4.69, 9.17) is 17.0 Å². The molecule has 0 saturated carbocycles. The van der Waals surface area contributed by atoms with Crippen LogP contribution < -0.4 is 20.8 Å². The molecular weight excluding hydrogens is 328 g/mol. The first-order valence-electron chi connectivity index (χ1n) is 7.28. The predicted octanol–water partition coefficient (Wildman–Crippen LogP) is 1.42. The van der Waals surface area contributed by atoms with Gasteiger partial charge in [-0.1, -0.05) is 24.3 Å². The highest BCUT2D eigenvalue weighted by atomic mass is 32.1. The van der Waals surface area contributed by atoms with Crippen LogP contribution in [0.5, 0.6) is 5.75 Å². The summed E-state index contributed by atoms with van der Waals surface area (Å²) in [5, 5.41) is 6.58. The quantitative estimate of drug-likeness (QED) is 0.424. The first kappa shape index (κ1) is 17.7. The second kappa shape index (κ2) is 6.88. The number of hydrogen-bond acceptors (Lipinski definition) is 4. The smallest absolute Gasteiger partial charge is 0.344 e. The molecule has 0 aliphatic carbocycles. The lowest BCUT2D eigenvalue weighted by Gasteiger charge is -2.23. The SMILES string of the molecule is C=C(C)CNC(=S)NN1C(=O)N[C@@](C)(c2cccc(OC)c2)C1=O. The number of ether oxygens (including phenoxy) is 1. The molecule has 1 aliphatic heterocycles. The van der Waals surface area contributed by atoms with E-state index in [1.165, 1.54) is 7.11 Å². The number of nitrogens with one attached hydrogen (secondary N) is 3. The number of methoxy groups -OCH3 is 1. The van der Waals surface area contributed by atoms with Crippen molar-refractivity contribution >= 4 is 29.3 Å². The number of amides is 3. The standard InChI is InChI=1S/C16H20N4O3S/c1-10(2)9-17-14(24)19-20-13(21)16(3,18-15(20)22)11-6-5-7-12(8-11)23-4/h5-8H,1,9H2,2-4H3,(H,18,22)(H2,17,19,24)/t16-/m0/s1. The van der Waals surface area contributed by atoms with Crippen molar-refractivity contribution in [1.29, 1.82) is 0 Å². The van der Waals surface area contributed by atoms with Gasteiger partial charge in [0.25, 0.3) is 5.91 Å². The van der Waals surface area contributed by atoms with Crippen LogP contribution in [0.25, 0.3) is 0 Å². The molecule has 1 aromatic carbocycles. The van der Waals surface area contributed by atoms with Crippen LogP contribution in [0, 0.1) is 0 Å². The molecule has 0 spiro atoms. The summed E-state index contributed by atoms with van der Waals surface area (Å²) in [5.41, 5.74) is 2.89. The maximum atomic E-state index is 12.7. The van der Waals surface area contributed by atoms with Gasteiger partial charge in [0.1, 0.15) is 11.3 Å². The second-order valence-corrected chi connectivity index (χ2v) is 6.09. The summed E-state index contributed by atoms with van der Waals surface area (Å²) in [7, 11) is 1.54. The van der Waals surface area contributed by atoms with E-state index in [1.54, 1.807) is 31.2 Å². The summed E-state index contributed by atoms with van der Waals surface area (Å²) in [6, 6.07) is 6.40. The van der Waals surface area contributed by atoms with Crippen LogP contribution in [-0.4, -0.2) is 35.7 Å². The number of urea groups is 1. The highest BCUT2D eigenvalue weighted by Gasteiger charge is 2.49. The summed E-state index contributed by atoms with van der Waals surface area (Å²) >= 11 is 5.09. The third-order valence-electron chi connectivity index (χ3n) is 3.60. The molecule has 2 rings (SSSR count). The Morgan fingerprint density at radius 2 is 2.17 bits per heavy atom. The lowest BCUT2D eigenvalue weighted by Crippen LogP contribution is -2.51. The Balaban J connectivity index is 2.18. The second-order valence-electron chi connectivity index (χ2n) is 5.68. The summed E-state index contributed by atoms with van der Waals surface area (Å²) < 4.78 is 5.17. The molecule has 0 radical (unpaired) electrons. The van der Waals surface area contributed by atoms with Crippen LogP contribution in [0.2, 0.25) is 0 Å². The van der Waals surface area contributed by atoms with Gasteiger partial charge in [0.05, 0.1) is 7.11 Å². The van der Waals surface area contributed by atoms with E-state index >= 15 is 0 Å². The van der Waals surface area contributed by atoms with Crippen molar-refractivity contribution in [2.24, 2.45) is 0 Å². The molecule has 1 aromatic rings. The Morgan fingerprint density at radius 1 is 1.46 bits per heavy atom. The van der Waals surface area contributed by atoms with E-state index in [1.807, 2.05) is 6.92 Å². The molecule has 128 valence electrons. The maximum Gasteiger partial charge on any atom is 0.344 e. The van der Waals surface area contributed by atoms with Gasteiger partial charge >= 0.3 is 6.03 Å². The van der Waals surface area contributed by atoms with Gasteiger partial charge in [0.2, 0.25) is 0 Å². The fourth-order valence-electron chi connectivity index (χ4n) is 2.24. The number of nitrogens with zero attached hydrogens (tertiary/aromatic N) is 1. The highest BCUT2D eigenvalue weighted by molar-refractivity contribution is 7.80. The van der Waals surface area contributed by atoms with Crippen molar-refractivity contribution in [1.82, 2.24) is 21.1 Å². The largest absolute Gasteiger partial charge is 0.497 e. The van der Waals surface area contributed by atoms with Crippen LogP contribution in [0.15, 0.2) is 36.4 Å². The maximum absolute atomic E-state index is 12.7. The minimum absolute atomic E-state index is 0.163. The van der Waals surface area contributed by atoms with Crippen molar-refractivity contribution in [2.75, 3.05) is 13.7 Å². The van der Waals surface area contributed by atoms with Crippen LogP contribution in [-0.2, 0) is 10.3 Å². The summed E-state index contributed by atoms with van der Waals surface area (Å²) in [5.74, 6) is 0.140. The fraction of sp³-hybridized carbons (Fsp3) is 0.312. The van der Waals surface area contributed by atoms with Crippen molar-refractivity contribution in [3.05, 3.63) is 42.0 Å². The highest BCUT2D eigenvalue weighted by Crippen LogP contribution is 2.30. The average Bonchev–Trinajstić information content (AvgIpc) is 2.77. The van der Waals surface area contributed by atoms with Gasteiger partial charge in [-0.2, -0.15) is 5.01 Å². The lowest BCUT2D eigenvalue weighted by molar-refractivity contribution is -0.132. The number of carbonyl (C=O) groups is 2. The minimum Gasteiger partial charge on any atom is -0.497 e. The molecule has 1 aliphatic rings. The van der Waals surface area contributed by atoms with Gasteiger partial charge < -0.3 is 15.4 Å². The van der Waals surface area contributed by atoms with Crippen LogP contribution >= 0.6 is 12.2 Å². The topological polar surface area (TPSA) is 82.7 Å². The monoisotopic (exact) mass is 348 g/mol. The minimum atomic E-state index is -1.21. The third kappa shape index (κ3) is 3.48. The van der Waals surface area contributed by atoms with Crippen LogP contribution in [0.3, 0.4) is 0 Å². The van der Waals surface area contributed by atoms with Gasteiger partial charge in [-0.3, -0.25) is 10.2 Å². The number of thiocarbonyl (C=S) groups is 1. The molecule has 1 atom stereocenters. The molecule has 3 amide bonds. The average molecular weight is 348 g/mol. The predicted molar refractivity (Wildman–Crippen MR) is 94.3 cm³/mol. The van der Waals surface area contributed by atoms with E-state index < -0.39 is 17.5 Å². The van der Waals surface area contributed by atoms with Crippen LogP contribution in [0.4, 0.5) is 4.79 Å². The Kier molecular flexibility index (Phi) is 5.08. The summed E-state index contributed by atoms with van der Waals surface area (Å²) in [6.07, 6.45) is 0. The summed E-state index contributed by atoms with van der Waals surface area (Å²) in [4.78, 5) is 24.9. The number of hydrogen-bond donors (Lipinski definition) is 3. The molecule has 0 aromatic heterocycles. The zero-order valence-corrected chi connectivity index (χ0v) is 14.6. The molecule has 1 fully saturated rings. The first-order chi connectivity index (χ1) is 11.3. The molecule has 3 N–H and O–H groups in total. The zero-order chi connectivity index (χ0) is 17.9. The van der Waals surface area contributed by atoms with E-state index in [0.29, 0.717) is 17.9 Å².